The summed E-state index contributed by atoms with van der Waals surface area (Å²) in [5, 5.41) is 0. The van der Waals surface area contributed by atoms with Crippen LogP contribution in [0.4, 0.5) is 0 Å². The Labute approximate surface area is 112 Å². The van der Waals surface area contributed by atoms with Crippen molar-refractivity contribution in [2.24, 2.45) is 0 Å². The minimum absolute atomic E-state index is 0.0251. The highest BCUT2D eigenvalue weighted by atomic mass is 16.5. The van der Waals surface area contributed by atoms with Crippen molar-refractivity contribution in [1.82, 2.24) is 4.90 Å². The first-order valence-corrected chi connectivity index (χ1v) is 7.67. The van der Waals surface area contributed by atoms with Crippen LogP contribution in [0.3, 0.4) is 0 Å². The zero-order valence-electron chi connectivity index (χ0n) is 12.1. The van der Waals surface area contributed by atoms with Crippen LogP contribution < -0.4 is 0 Å². The topological polar surface area (TPSA) is 29.5 Å². The quantitative estimate of drug-likeness (QED) is 0.653. The van der Waals surface area contributed by atoms with Gasteiger partial charge in [-0.25, -0.2) is 0 Å². The second-order valence-electron chi connectivity index (χ2n) is 5.26. The van der Waals surface area contributed by atoms with Crippen LogP contribution >= 0.6 is 0 Å². The van der Waals surface area contributed by atoms with E-state index in [0.717, 1.165) is 19.5 Å². The number of esters is 1. The Morgan fingerprint density at radius 1 is 1.17 bits per heavy atom. The van der Waals surface area contributed by atoms with Gasteiger partial charge in [-0.05, 0) is 39.3 Å². The first-order valence-electron chi connectivity index (χ1n) is 7.67. The fourth-order valence-electron chi connectivity index (χ4n) is 2.73. The van der Waals surface area contributed by atoms with Crippen molar-refractivity contribution in [1.29, 1.82) is 0 Å². The summed E-state index contributed by atoms with van der Waals surface area (Å²) < 4.78 is 5.11. The average molecular weight is 255 g/mol. The van der Waals surface area contributed by atoms with Crippen LogP contribution in [-0.4, -0.2) is 36.6 Å². The Hall–Kier alpha value is -0.570. The van der Waals surface area contributed by atoms with E-state index in [0.29, 0.717) is 19.1 Å². The van der Waals surface area contributed by atoms with Gasteiger partial charge in [0.05, 0.1) is 13.0 Å². The molecule has 1 fully saturated rings. The molecule has 106 valence electrons. The molecule has 0 N–H and O–H groups in total. The Kier molecular flexibility index (Phi) is 8.06. The monoisotopic (exact) mass is 255 g/mol. The molecule has 0 bridgehead atoms. The lowest BCUT2D eigenvalue weighted by Crippen LogP contribution is -2.38. The fourth-order valence-corrected chi connectivity index (χ4v) is 2.73. The molecule has 0 spiro atoms. The molecule has 3 heteroatoms. The number of carbonyl (C=O) groups is 1. The molecule has 0 saturated carbocycles. The van der Waals surface area contributed by atoms with E-state index < -0.39 is 0 Å². The van der Waals surface area contributed by atoms with Gasteiger partial charge in [-0.2, -0.15) is 0 Å². The van der Waals surface area contributed by atoms with Crippen molar-refractivity contribution < 1.29 is 9.53 Å². The van der Waals surface area contributed by atoms with Crippen LogP contribution in [0, 0.1) is 0 Å². The first-order chi connectivity index (χ1) is 8.77. The predicted octanol–water partition coefficient (Wildman–Crippen LogP) is 3.37. The molecule has 1 heterocycles. The number of ether oxygens (including phenoxy) is 1. The summed E-state index contributed by atoms with van der Waals surface area (Å²) in [6.45, 7) is 6.91. The maximum absolute atomic E-state index is 11.7. The zero-order valence-corrected chi connectivity index (χ0v) is 12.1. The molecule has 0 aliphatic carbocycles. The standard InChI is InChI=1S/C15H29NO2/c1-3-5-10-14(13-15(17)18-4-2)16-11-8-6-7-9-12-16/h14H,3-13H2,1-2H3. The molecule has 1 unspecified atom stereocenters. The van der Waals surface area contributed by atoms with Crippen LogP contribution in [-0.2, 0) is 9.53 Å². The molecule has 1 saturated heterocycles. The molecular weight excluding hydrogens is 226 g/mol. The van der Waals surface area contributed by atoms with Crippen molar-refractivity contribution in [3.63, 3.8) is 0 Å². The van der Waals surface area contributed by atoms with Gasteiger partial charge in [0.15, 0.2) is 0 Å². The highest BCUT2D eigenvalue weighted by Gasteiger charge is 2.22. The molecule has 3 nitrogen and oxygen atoms in total. The number of unbranched alkanes of at least 4 members (excludes halogenated alkanes) is 1. The molecule has 0 aromatic rings. The number of nitrogens with zero attached hydrogens (tertiary/aromatic N) is 1. The van der Waals surface area contributed by atoms with Crippen LogP contribution in [0.2, 0.25) is 0 Å². The maximum Gasteiger partial charge on any atom is 0.307 e. The maximum atomic E-state index is 11.7. The molecule has 0 aromatic carbocycles. The number of hydrogen-bond acceptors (Lipinski definition) is 3. The summed E-state index contributed by atoms with van der Waals surface area (Å²) in [5.74, 6) is -0.0251. The molecule has 0 radical (unpaired) electrons. The van der Waals surface area contributed by atoms with Gasteiger partial charge in [-0.15, -0.1) is 0 Å². The van der Waals surface area contributed by atoms with Crippen molar-refractivity contribution >= 4 is 5.97 Å². The minimum Gasteiger partial charge on any atom is -0.466 e. The van der Waals surface area contributed by atoms with Gasteiger partial charge in [0.25, 0.3) is 0 Å². The Morgan fingerprint density at radius 3 is 2.39 bits per heavy atom. The predicted molar refractivity (Wildman–Crippen MR) is 74.6 cm³/mol. The van der Waals surface area contributed by atoms with Crippen molar-refractivity contribution in [3.8, 4) is 0 Å². The van der Waals surface area contributed by atoms with Crippen molar-refractivity contribution in [2.75, 3.05) is 19.7 Å². The summed E-state index contributed by atoms with van der Waals surface area (Å²) in [4.78, 5) is 14.2. The summed E-state index contributed by atoms with van der Waals surface area (Å²) in [7, 11) is 0. The van der Waals surface area contributed by atoms with Gasteiger partial charge in [0.1, 0.15) is 0 Å². The van der Waals surface area contributed by atoms with E-state index in [-0.39, 0.29) is 5.97 Å². The number of rotatable bonds is 7. The van der Waals surface area contributed by atoms with Gasteiger partial charge in [0, 0.05) is 6.04 Å². The third kappa shape index (κ3) is 5.85. The van der Waals surface area contributed by atoms with Crippen LogP contribution in [0.1, 0.15) is 65.2 Å². The molecule has 1 aliphatic heterocycles. The summed E-state index contributed by atoms with van der Waals surface area (Å²) in [5.41, 5.74) is 0. The number of carbonyl (C=O) groups excluding carboxylic acids is 1. The van der Waals surface area contributed by atoms with E-state index in [9.17, 15) is 4.79 Å². The van der Waals surface area contributed by atoms with Crippen LogP contribution in [0.15, 0.2) is 0 Å². The largest absolute Gasteiger partial charge is 0.466 e. The number of hydrogen-bond donors (Lipinski definition) is 0. The molecule has 1 atom stereocenters. The Bertz CT molecular complexity index is 223. The second kappa shape index (κ2) is 9.37. The van der Waals surface area contributed by atoms with Gasteiger partial charge < -0.3 is 4.74 Å². The molecule has 0 amide bonds. The van der Waals surface area contributed by atoms with Crippen LogP contribution in [0.5, 0.6) is 0 Å². The summed E-state index contributed by atoms with van der Waals surface area (Å²) >= 11 is 0. The molecule has 18 heavy (non-hydrogen) atoms. The van der Waals surface area contributed by atoms with E-state index >= 15 is 0 Å². The lowest BCUT2D eigenvalue weighted by Gasteiger charge is -2.30. The second-order valence-corrected chi connectivity index (χ2v) is 5.26. The Balaban J connectivity index is 2.48. The average Bonchev–Trinajstić information content (AvgIpc) is 2.63. The van der Waals surface area contributed by atoms with Crippen molar-refractivity contribution in [2.45, 2.75) is 71.3 Å². The lowest BCUT2D eigenvalue weighted by molar-refractivity contribution is -0.144. The molecular formula is C15H29NO2. The van der Waals surface area contributed by atoms with Crippen molar-refractivity contribution in [3.05, 3.63) is 0 Å². The van der Waals surface area contributed by atoms with Crippen LogP contribution in [0.25, 0.3) is 0 Å². The van der Waals surface area contributed by atoms with Gasteiger partial charge in [-0.1, -0.05) is 32.6 Å². The van der Waals surface area contributed by atoms with Gasteiger partial charge >= 0.3 is 5.97 Å². The normalized spacial score (nSPS) is 19.2. The van der Waals surface area contributed by atoms with E-state index in [4.69, 9.17) is 4.74 Å². The highest BCUT2D eigenvalue weighted by Crippen LogP contribution is 2.19. The SMILES string of the molecule is CCCCC(CC(=O)OCC)N1CCCCCC1. The minimum atomic E-state index is -0.0251. The molecule has 1 rings (SSSR count). The lowest BCUT2D eigenvalue weighted by atomic mass is 10.0. The van der Waals surface area contributed by atoms with Gasteiger partial charge in [-0.3, -0.25) is 9.69 Å². The van der Waals surface area contributed by atoms with E-state index in [1.165, 1.54) is 38.5 Å². The third-order valence-electron chi connectivity index (χ3n) is 3.76. The molecule has 1 aliphatic rings. The van der Waals surface area contributed by atoms with Gasteiger partial charge in [0.2, 0.25) is 0 Å². The number of likely N-dealkylation sites (tertiary alicyclic amines) is 1. The molecule has 0 aromatic heterocycles. The summed E-state index contributed by atoms with van der Waals surface area (Å²) in [6.07, 6.45) is 9.38. The highest BCUT2D eigenvalue weighted by molar-refractivity contribution is 5.70. The zero-order chi connectivity index (χ0) is 13.2. The Morgan fingerprint density at radius 2 is 1.83 bits per heavy atom. The summed E-state index contributed by atoms with van der Waals surface area (Å²) in [6, 6.07) is 0.405. The van der Waals surface area contributed by atoms with E-state index in [2.05, 4.69) is 11.8 Å². The van der Waals surface area contributed by atoms with E-state index in [1.807, 2.05) is 6.92 Å². The third-order valence-corrected chi connectivity index (χ3v) is 3.76. The van der Waals surface area contributed by atoms with E-state index in [1.54, 1.807) is 0 Å². The smallest absolute Gasteiger partial charge is 0.307 e. The fraction of sp³-hybridized carbons (Fsp3) is 0.933. The first kappa shape index (κ1) is 15.5.